The zero-order chi connectivity index (χ0) is 19.7. The van der Waals surface area contributed by atoms with Gasteiger partial charge in [0.15, 0.2) is 0 Å². The maximum Gasteiger partial charge on any atom is 0.449 e. The molecule has 6 nitrogen and oxygen atoms in total. The summed E-state index contributed by atoms with van der Waals surface area (Å²) in [5.41, 5.74) is 3.15. The smallest absolute Gasteiger partial charge is 0.396 e. The van der Waals surface area contributed by atoms with Crippen molar-refractivity contribution in [3.05, 3.63) is 59.7 Å². The monoisotopic (exact) mass is 391 g/mol. The Kier molecular flexibility index (Phi) is 7.84. The minimum Gasteiger partial charge on any atom is -0.396 e. The normalized spacial score (nSPS) is 11.7. The molecule has 7 heteroatoms. The first-order valence-corrected chi connectivity index (χ1v) is 10.1. The van der Waals surface area contributed by atoms with E-state index in [9.17, 15) is 8.42 Å². The van der Waals surface area contributed by atoms with Gasteiger partial charge in [-0.15, -0.1) is 0 Å². The summed E-state index contributed by atoms with van der Waals surface area (Å²) < 4.78 is 32.7. The SMILES string of the molecule is CCN(C)c1ccc(/C=C/c2ccc(OS(=O)(=O)OCCCO)cc2)cc1. The number of hydrogen-bond acceptors (Lipinski definition) is 6. The van der Waals surface area contributed by atoms with Crippen LogP contribution in [0.25, 0.3) is 12.2 Å². The summed E-state index contributed by atoms with van der Waals surface area (Å²) in [7, 11) is -2.07. The Hall–Kier alpha value is -2.35. The summed E-state index contributed by atoms with van der Waals surface area (Å²) >= 11 is 0. The number of anilines is 1. The van der Waals surface area contributed by atoms with Crippen LogP contribution >= 0.6 is 0 Å². The van der Waals surface area contributed by atoms with Crippen molar-refractivity contribution in [2.45, 2.75) is 13.3 Å². The van der Waals surface area contributed by atoms with E-state index in [1.807, 2.05) is 31.3 Å². The number of benzene rings is 2. The van der Waals surface area contributed by atoms with Crippen LogP contribution in [0.1, 0.15) is 24.5 Å². The van der Waals surface area contributed by atoms with Gasteiger partial charge in [0.2, 0.25) is 0 Å². The second-order valence-electron chi connectivity index (χ2n) is 5.90. The molecular formula is C20H25NO5S. The molecule has 0 aromatic heterocycles. The van der Waals surface area contributed by atoms with Gasteiger partial charge in [-0.05, 0) is 48.7 Å². The Labute approximate surface area is 161 Å². The Bertz CT molecular complexity index is 830. The van der Waals surface area contributed by atoms with Crippen LogP contribution in [0.5, 0.6) is 5.75 Å². The minimum atomic E-state index is -4.12. The lowest BCUT2D eigenvalue weighted by molar-refractivity contribution is 0.221. The molecule has 0 aliphatic rings. The molecule has 0 aliphatic carbocycles. The number of aliphatic hydroxyl groups is 1. The molecule has 146 valence electrons. The summed E-state index contributed by atoms with van der Waals surface area (Å²) in [5, 5.41) is 8.64. The first-order valence-electron chi connectivity index (χ1n) is 8.72. The molecule has 2 rings (SSSR count). The fourth-order valence-electron chi connectivity index (χ4n) is 2.22. The fourth-order valence-corrected chi connectivity index (χ4v) is 2.93. The third-order valence-electron chi connectivity index (χ3n) is 3.88. The van der Waals surface area contributed by atoms with E-state index >= 15 is 0 Å². The second kappa shape index (κ2) is 10.1. The molecule has 0 saturated heterocycles. The molecule has 1 N–H and O–H groups in total. The maximum absolute atomic E-state index is 11.6. The van der Waals surface area contributed by atoms with Crippen molar-refractivity contribution in [3.8, 4) is 5.75 Å². The highest BCUT2D eigenvalue weighted by Gasteiger charge is 2.13. The lowest BCUT2D eigenvalue weighted by atomic mass is 10.1. The highest BCUT2D eigenvalue weighted by molar-refractivity contribution is 7.82. The topological polar surface area (TPSA) is 76.1 Å². The van der Waals surface area contributed by atoms with E-state index in [4.69, 9.17) is 9.29 Å². The molecule has 0 bridgehead atoms. The van der Waals surface area contributed by atoms with Crippen LogP contribution in [-0.2, 0) is 14.6 Å². The molecule has 0 fully saturated rings. The van der Waals surface area contributed by atoms with Gasteiger partial charge in [-0.25, -0.2) is 4.18 Å². The van der Waals surface area contributed by atoms with Gasteiger partial charge in [-0.2, -0.15) is 8.42 Å². The molecule has 27 heavy (non-hydrogen) atoms. The fraction of sp³-hybridized carbons (Fsp3) is 0.300. The molecule has 0 spiro atoms. The molecule has 0 aliphatic heterocycles. The van der Waals surface area contributed by atoms with Crippen molar-refractivity contribution in [1.82, 2.24) is 0 Å². The van der Waals surface area contributed by atoms with Crippen LogP contribution in [0, 0.1) is 0 Å². The van der Waals surface area contributed by atoms with Crippen molar-refractivity contribution >= 4 is 28.2 Å². The van der Waals surface area contributed by atoms with Crippen molar-refractivity contribution < 1.29 is 21.9 Å². The zero-order valence-electron chi connectivity index (χ0n) is 15.5. The lowest BCUT2D eigenvalue weighted by Crippen LogP contribution is -2.15. The van der Waals surface area contributed by atoms with Gasteiger partial charge in [-0.1, -0.05) is 36.4 Å². The average molecular weight is 391 g/mol. The minimum absolute atomic E-state index is 0.119. The van der Waals surface area contributed by atoms with Crippen LogP contribution < -0.4 is 9.08 Å². The second-order valence-corrected chi connectivity index (χ2v) is 7.12. The lowest BCUT2D eigenvalue weighted by Gasteiger charge is -2.16. The molecule has 2 aromatic rings. The Morgan fingerprint density at radius 3 is 2.07 bits per heavy atom. The molecule has 2 aromatic carbocycles. The predicted molar refractivity (Wildman–Crippen MR) is 108 cm³/mol. The molecule has 0 atom stereocenters. The van der Waals surface area contributed by atoms with E-state index in [-0.39, 0.29) is 25.4 Å². The average Bonchev–Trinajstić information content (AvgIpc) is 2.67. The van der Waals surface area contributed by atoms with Crippen LogP contribution in [-0.4, -0.2) is 40.3 Å². The largest absolute Gasteiger partial charge is 0.449 e. The van der Waals surface area contributed by atoms with E-state index < -0.39 is 10.4 Å². The van der Waals surface area contributed by atoms with E-state index in [2.05, 4.69) is 28.1 Å². The zero-order valence-corrected chi connectivity index (χ0v) is 16.4. The van der Waals surface area contributed by atoms with Gasteiger partial charge < -0.3 is 14.2 Å². The summed E-state index contributed by atoms with van der Waals surface area (Å²) in [4.78, 5) is 2.16. The number of rotatable bonds is 10. The van der Waals surface area contributed by atoms with Crippen LogP contribution in [0.4, 0.5) is 5.69 Å². The van der Waals surface area contributed by atoms with E-state index in [1.54, 1.807) is 24.3 Å². The van der Waals surface area contributed by atoms with Gasteiger partial charge >= 0.3 is 10.4 Å². The van der Waals surface area contributed by atoms with Crippen molar-refractivity contribution in [2.75, 3.05) is 31.7 Å². The quantitative estimate of drug-likeness (QED) is 0.495. The number of aliphatic hydroxyl groups excluding tert-OH is 1. The number of hydrogen-bond donors (Lipinski definition) is 1. The van der Waals surface area contributed by atoms with Crippen LogP contribution in [0.2, 0.25) is 0 Å². The summed E-state index contributed by atoms with van der Waals surface area (Å²) in [5.74, 6) is 0.170. The summed E-state index contributed by atoms with van der Waals surface area (Å²) in [6.45, 7) is 2.79. The summed E-state index contributed by atoms with van der Waals surface area (Å²) in [6, 6.07) is 14.9. The molecule has 0 amide bonds. The first kappa shape index (κ1) is 21.0. The first-order chi connectivity index (χ1) is 12.9. The van der Waals surface area contributed by atoms with Gasteiger partial charge in [0, 0.05) is 25.9 Å². The Morgan fingerprint density at radius 2 is 1.56 bits per heavy atom. The van der Waals surface area contributed by atoms with E-state index in [0.717, 1.165) is 17.7 Å². The third-order valence-corrected chi connectivity index (χ3v) is 4.74. The highest BCUT2D eigenvalue weighted by atomic mass is 32.3. The number of nitrogens with zero attached hydrogens (tertiary/aromatic N) is 1. The van der Waals surface area contributed by atoms with Gasteiger partial charge in [-0.3, -0.25) is 0 Å². The molecule has 0 heterocycles. The van der Waals surface area contributed by atoms with Gasteiger partial charge in [0.05, 0.1) is 6.61 Å². The van der Waals surface area contributed by atoms with Crippen LogP contribution in [0.3, 0.4) is 0 Å². The summed E-state index contributed by atoms with van der Waals surface area (Å²) in [6.07, 6.45) is 4.15. The molecular weight excluding hydrogens is 366 g/mol. The molecule has 0 radical (unpaired) electrons. The van der Waals surface area contributed by atoms with Gasteiger partial charge in [0.1, 0.15) is 5.75 Å². The molecule has 0 saturated carbocycles. The maximum atomic E-state index is 11.6. The Morgan fingerprint density at radius 1 is 1.00 bits per heavy atom. The van der Waals surface area contributed by atoms with Crippen molar-refractivity contribution in [1.29, 1.82) is 0 Å². The van der Waals surface area contributed by atoms with E-state index in [1.165, 1.54) is 5.69 Å². The molecule has 0 unspecified atom stereocenters. The van der Waals surface area contributed by atoms with E-state index in [0.29, 0.717) is 0 Å². The van der Waals surface area contributed by atoms with Crippen LogP contribution in [0.15, 0.2) is 48.5 Å². The highest BCUT2D eigenvalue weighted by Crippen LogP contribution is 2.18. The third kappa shape index (κ3) is 7.05. The van der Waals surface area contributed by atoms with Crippen molar-refractivity contribution in [2.24, 2.45) is 0 Å². The van der Waals surface area contributed by atoms with Gasteiger partial charge in [0.25, 0.3) is 0 Å². The predicted octanol–water partition coefficient (Wildman–Crippen LogP) is 3.34. The van der Waals surface area contributed by atoms with Crippen molar-refractivity contribution in [3.63, 3.8) is 0 Å². The Balaban J connectivity index is 1.96. The standard InChI is InChI=1S/C20H25NO5S/c1-3-21(2)19-11-7-17(8-12-19)5-6-18-9-13-20(14-10-18)26-27(23,24)25-16-4-15-22/h5-14,22H,3-4,15-16H2,1-2H3/b6-5+.